The van der Waals surface area contributed by atoms with E-state index in [0.29, 0.717) is 5.92 Å². The SMILES string of the molecule is CCC(c1ccccc1)c1ccccc1.Cc1ccccc1. The first-order valence-electron chi connectivity index (χ1n) is 7.92. The van der Waals surface area contributed by atoms with Gasteiger partial charge in [-0.2, -0.15) is 0 Å². The predicted molar refractivity (Wildman–Crippen MR) is 96.2 cm³/mol. The monoisotopic (exact) mass is 288 g/mol. The van der Waals surface area contributed by atoms with Crippen LogP contribution < -0.4 is 0 Å². The van der Waals surface area contributed by atoms with Crippen LogP contribution in [0.25, 0.3) is 0 Å². The molecule has 0 aliphatic heterocycles. The second-order valence-electron chi connectivity index (χ2n) is 5.44. The van der Waals surface area contributed by atoms with Gasteiger partial charge < -0.3 is 0 Å². The maximum absolute atomic E-state index is 2.24. The normalized spacial score (nSPS) is 9.95. The van der Waals surface area contributed by atoms with Gasteiger partial charge in [-0.1, -0.05) is 103 Å². The third-order valence-corrected chi connectivity index (χ3v) is 3.75. The van der Waals surface area contributed by atoms with Gasteiger partial charge in [0.2, 0.25) is 0 Å². The minimum absolute atomic E-state index is 0.535. The Morgan fingerprint density at radius 3 is 1.23 bits per heavy atom. The Morgan fingerprint density at radius 2 is 0.955 bits per heavy atom. The van der Waals surface area contributed by atoms with E-state index in [9.17, 15) is 0 Å². The molecule has 0 saturated heterocycles. The van der Waals surface area contributed by atoms with Crippen LogP contribution in [-0.4, -0.2) is 0 Å². The summed E-state index contributed by atoms with van der Waals surface area (Å²) in [7, 11) is 0. The molecule has 0 bridgehead atoms. The largest absolute Gasteiger partial charge is 0.0645 e. The molecule has 0 heteroatoms. The molecule has 0 spiro atoms. The molecule has 3 aromatic rings. The molecule has 0 aromatic heterocycles. The summed E-state index contributed by atoms with van der Waals surface area (Å²) in [6, 6.07) is 31.7. The van der Waals surface area contributed by atoms with Crippen molar-refractivity contribution < 1.29 is 0 Å². The van der Waals surface area contributed by atoms with Crippen LogP contribution in [0.15, 0.2) is 91.0 Å². The predicted octanol–water partition coefficient (Wildman–Crippen LogP) is 6.22. The maximum Gasteiger partial charge on any atom is 0.00867 e. The zero-order valence-corrected chi connectivity index (χ0v) is 13.4. The smallest absolute Gasteiger partial charge is 0.00867 e. The summed E-state index contributed by atoms with van der Waals surface area (Å²) >= 11 is 0. The van der Waals surface area contributed by atoms with Gasteiger partial charge in [0.25, 0.3) is 0 Å². The van der Waals surface area contributed by atoms with Crippen molar-refractivity contribution in [1.29, 1.82) is 0 Å². The fourth-order valence-electron chi connectivity index (χ4n) is 2.57. The Hall–Kier alpha value is -2.34. The highest BCUT2D eigenvalue weighted by Crippen LogP contribution is 2.26. The molecule has 0 radical (unpaired) electrons. The number of benzene rings is 3. The lowest BCUT2D eigenvalue weighted by Gasteiger charge is -2.15. The average Bonchev–Trinajstić information content (AvgIpc) is 2.59. The van der Waals surface area contributed by atoms with Crippen LogP contribution in [0.5, 0.6) is 0 Å². The topological polar surface area (TPSA) is 0 Å². The van der Waals surface area contributed by atoms with E-state index < -0.39 is 0 Å². The Balaban J connectivity index is 0.000000211. The molecule has 0 fully saturated rings. The van der Waals surface area contributed by atoms with Gasteiger partial charge in [0.05, 0.1) is 0 Å². The van der Waals surface area contributed by atoms with E-state index in [1.807, 2.05) is 18.2 Å². The molecular formula is C22H24. The Kier molecular flexibility index (Phi) is 6.44. The maximum atomic E-state index is 2.24. The summed E-state index contributed by atoms with van der Waals surface area (Å²) in [4.78, 5) is 0. The minimum atomic E-state index is 0.535. The van der Waals surface area contributed by atoms with Gasteiger partial charge in [-0.05, 0) is 24.5 Å². The summed E-state index contributed by atoms with van der Waals surface area (Å²) in [5.41, 5.74) is 4.14. The molecule has 3 aromatic carbocycles. The summed E-state index contributed by atoms with van der Waals surface area (Å²) in [6.07, 6.45) is 1.15. The lowest BCUT2D eigenvalue weighted by Crippen LogP contribution is -1.98. The summed E-state index contributed by atoms with van der Waals surface area (Å²) in [6.45, 7) is 4.32. The quantitative estimate of drug-likeness (QED) is 0.536. The minimum Gasteiger partial charge on any atom is -0.0645 e. The van der Waals surface area contributed by atoms with E-state index in [1.54, 1.807) is 0 Å². The molecule has 112 valence electrons. The standard InChI is InChI=1S/C15H16.C7H8/c1-2-15(13-9-5-3-6-10-13)14-11-7-4-8-12-14;1-7-5-3-2-4-6-7/h3-12,15H,2H2,1H3;2-6H,1H3. The van der Waals surface area contributed by atoms with Crippen LogP contribution in [0.4, 0.5) is 0 Å². The summed E-state index contributed by atoms with van der Waals surface area (Å²) in [5.74, 6) is 0.535. The Bertz CT molecular complexity index is 587. The molecule has 0 amide bonds. The lowest BCUT2D eigenvalue weighted by molar-refractivity contribution is 0.777. The van der Waals surface area contributed by atoms with E-state index in [-0.39, 0.29) is 0 Å². The second kappa shape index (κ2) is 8.84. The van der Waals surface area contributed by atoms with Crippen molar-refractivity contribution in [3.63, 3.8) is 0 Å². The first-order chi connectivity index (χ1) is 10.8. The molecule has 0 unspecified atom stereocenters. The van der Waals surface area contributed by atoms with Crippen molar-refractivity contribution in [2.24, 2.45) is 0 Å². The zero-order valence-electron chi connectivity index (χ0n) is 13.4. The van der Waals surface area contributed by atoms with E-state index in [1.165, 1.54) is 16.7 Å². The molecule has 0 nitrogen and oxygen atoms in total. The molecule has 22 heavy (non-hydrogen) atoms. The molecule has 0 aliphatic rings. The van der Waals surface area contributed by atoms with Crippen molar-refractivity contribution in [2.45, 2.75) is 26.2 Å². The van der Waals surface area contributed by atoms with Crippen molar-refractivity contribution in [2.75, 3.05) is 0 Å². The third kappa shape index (κ3) is 4.89. The molecule has 0 N–H and O–H groups in total. The number of rotatable bonds is 3. The molecular weight excluding hydrogens is 264 g/mol. The van der Waals surface area contributed by atoms with Crippen molar-refractivity contribution in [3.05, 3.63) is 108 Å². The molecule has 0 atom stereocenters. The van der Waals surface area contributed by atoms with E-state index in [2.05, 4.69) is 86.6 Å². The van der Waals surface area contributed by atoms with E-state index in [4.69, 9.17) is 0 Å². The summed E-state index contributed by atoms with van der Waals surface area (Å²) in [5, 5.41) is 0. The lowest BCUT2D eigenvalue weighted by atomic mass is 9.89. The molecule has 0 aliphatic carbocycles. The van der Waals surface area contributed by atoms with Crippen LogP contribution >= 0.6 is 0 Å². The second-order valence-corrected chi connectivity index (χ2v) is 5.44. The highest BCUT2D eigenvalue weighted by molar-refractivity contribution is 5.31. The first kappa shape index (κ1) is 16.0. The Morgan fingerprint density at radius 1 is 0.591 bits per heavy atom. The molecule has 0 saturated carbocycles. The van der Waals surface area contributed by atoms with Crippen LogP contribution in [0.3, 0.4) is 0 Å². The zero-order chi connectivity index (χ0) is 15.6. The van der Waals surface area contributed by atoms with E-state index in [0.717, 1.165) is 6.42 Å². The highest BCUT2D eigenvalue weighted by Gasteiger charge is 2.10. The van der Waals surface area contributed by atoms with E-state index >= 15 is 0 Å². The van der Waals surface area contributed by atoms with Crippen molar-refractivity contribution in [1.82, 2.24) is 0 Å². The molecule has 3 rings (SSSR count). The first-order valence-corrected chi connectivity index (χ1v) is 7.92. The van der Waals surface area contributed by atoms with Crippen LogP contribution in [0, 0.1) is 6.92 Å². The van der Waals surface area contributed by atoms with Crippen molar-refractivity contribution >= 4 is 0 Å². The van der Waals surface area contributed by atoms with Crippen LogP contribution in [-0.2, 0) is 0 Å². The van der Waals surface area contributed by atoms with Gasteiger partial charge in [0.15, 0.2) is 0 Å². The van der Waals surface area contributed by atoms with Gasteiger partial charge in [-0.15, -0.1) is 0 Å². The number of hydrogen-bond donors (Lipinski definition) is 0. The van der Waals surface area contributed by atoms with Gasteiger partial charge >= 0.3 is 0 Å². The third-order valence-electron chi connectivity index (χ3n) is 3.75. The highest BCUT2D eigenvalue weighted by atomic mass is 14.1. The average molecular weight is 288 g/mol. The van der Waals surface area contributed by atoms with Gasteiger partial charge in [-0.25, -0.2) is 0 Å². The number of aryl methyl sites for hydroxylation is 1. The van der Waals surface area contributed by atoms with Gasteiger partial charge in [-0.3, -0.25) is 0 Å². The Labute approximate surface area is 134 Å². The van der Waals surface area contributed by atoms with Crippen LogP contribution in [0.1, 0.15) is 36.0 Å². The number of hydrogen-bond acceptors (Lipinski definition) is 0. The molecule has 0 heterocycles. The fourth-order valence-corrected chi connectivity index (χ4v) is 2.57. The van der Waals surface area contributed by atoms with Crippen molar-refractivity contribution in [3.8, 4) is 0 Å². The van der Waals surface area contributed by atoms with Crippen LogP contribution in [0.2, 0.25) is 0 Å². The summed E-state index contributed by atoms with van der Waals surface area (Å²) < 4.78 is 0. The van der Waals surface area contributed by atoms with Gasteiger partial charge in [0.1, 0.15) is 0 Å². The van der Waals surface area contributed by atoms with Gasteiger partial charge in [0, 0.05) is 5.92 Å². The fraction of sp³-hybridized carbons (Fsp3) is 0.182.